The number of benzene rings is 3. The van der Waals surface area contributed by atoms with Crippen molar-refractivity contribution in [3.63, 3.8) is 0 Å². The minimum Gasteiger partial charge on any atom is -0.493 e. The largest absolute Gasteiger partial charge is 0.493 e. The van der Waals surface area contributed by atoms with Gasteiger partial charge in [0.15, 0.2) is 11.5 Å². The van der Waals surface area contributed by atoms with Crippen LogP contribution in [0.15, 0.2) is 66.7 Å². The minimum atomic E-state index is -0.433. The van der Waals surface area contributed by atoms with Gasteiger partial charge in [-0.1, -0.05) is 36.4 Å². The average molecular weight is 402 g/mol. The van der Waals surface area contributed by atoms with Crippen molar-refractivity contribution in [2.75, 3.05) is 7.11 Å². The molecule has 0 saturated carbocycles. The summed E-state index contributed by atoms with van der Waals surface area (Å²) in [5.74, 6) is 1.35. The fraction of sp³-hybridized carbons (Fsp3) is 0.192. The Bertz CT molecular complexity index is 1070. The summed E-state index contributed by atoms with van der Waals surface area (Å²) in [4.78, 5) is 12.1. The van der Waals surface area contributed by atoms with Gasteiger partial charge >= 0.3 is 5.97 Å². The molecule has 0 bridgehead atoms. The fourth-order valence-electron chi connectivity index (χ4n) is 2.93. The van der Waals surface area contributed by atoms with Gasteiger partial charge in [0.05, 0.1) is 7.11 Å². The number of hydrogen-bond donors (Lipinski definition) is 0. The third-order valence-electron chi connectivity index (χ3n) is 4.94. The summed E-state index contributed by atoms with van der Waals surface area (Å²) >= 11 is 0. The molecule has 0 aliphatic rings. The van der Waals surface area contributed by atoms with E-state index in [1.165, 1.54) is 11.6 Å². The first-order chi connectivity index (χ1) is 14.5. The Labute approximate surface area is 177 Å². The van der Waals surface area contributed by atoms with Crippen LogP contribution >= 0.6 is 0 Å². The van der Waals surface area contributed by atoms with Crippen LogP contribution in [0.3, 0.4) is 0 Å². The van der Waals surface area contributed by atoms with Gasteiger partial charge < -0.3 is 14.2 Å². The van der Waals surface area contributed by atoms with Crippen molar-refractivity contribution in [1.29, 1.82) is 0 Å². The topological polar surface area (TPSA) is 44.8 Å². The van der Waals surface area contributed by atoms with E-state index in [1.807, 2.05) is 62.4 Å². The lowest BCUT2D eigenvalue weighted by Gasteiger charge is -2.12. The summed E-state index contributed by atoms with van der Waals surface area (Å²) in [6, 6.07) is 19.2. The number of carbonyl (C=O) groups excluding carboxylic acids is 1. The van der Waals surface area contributed by atoms with Crippen molar-refractivity contribution < 1.29 is 19.0 Å². The summed E-state index contributed by atoms with van der Waals surface area (Å²) in [6.45, 7) is 6.52. The van der Waals surface area contributed by atoms with Crippen LogP contribution in [0.5, 0.6) is 17.2 Å². The first kappa shape index (κ1) is 21.2. The molecule has 3 aromatic rings. The monoisotopic (exact) mass is 402 g/mol. The molecule has 0 saturated heterocycles. The summed E-state index contributed by atoms with van der Waals surface area (Å²) in [5.41, 5.74) is 5.35. The van der Waals surface area contributed by atoms with Gasteiger partial charge in [-0.2, -0.15) is 0 Å². The predicted molar refractivity (Wildman–Crippen MR) is 119 cm³/mol. The van der Waals surface area contributed by atoms with Gasteiger partial charge in [-0.05, 0) is 78.9 Å². The standard InChI is InChI=1S/C26H26O4/c1-18-9-12-23(15-20(18)3)30-26(27)14-11-21-10-13-24(25(16-21)28-4)29-17-22-8-6-5-7-19(22)2/h5-16H,17H2,1-4H3/b14-11+. The Morgan fingerprint density at radius 3 is 2.40 bits per heavy atom. The lowest BCUT2D eigenvalue weighted by Crippen LogP contribution is -2.04. The maximum Gasteiger partial charge on any atom is 0.336 e. The van der Waals surface area contributed by atoms with E-state index in [4.69, 9.17) is 14.2 Å². The molecule has 0 heterocycles. The number of ether oxygens (including phenoxy) is 3. The van der Waals surface area contributed by atoms with Gasteiger partial charge in [-0.3, -0.25) is 0 Å². The number of hydrogen-bond acceptors (Lipinski definition) is 4. The van der Waals surface area contributed by atoms with Gasteiger partial charge in [0, 0.05) is 6.08 Å². The Kier molecular flexibility index (Phi) is 6.91. The molecule has 0 aliphatic heterocycles. The summed E-state index contributed by atoms with van der Waals surface area (Å²) < 4.78 is 16.8. The zero-order chi connectivity index (χ0) is 21.5. The molecule has 0 N–H and O–H groups in total. The van der Waals surface area contributed by atoms with E-state index in [1.54, 1.807) is 19.3 Å². The normalized spacial score (nSPS) is 10.8. The molecule has 4 nitrogen and oxygen atoms in total. The zero-order valence-corrected chi connectivity index (χ0v) is 17.8. The molecule has 0 fully saturated rings. The average Bonchev–Trinajstić information content (AvgIpc) is 2.74. The van der Waals surface area contributed by atoms with Gasteiger partial charge in [0.1, 0.15) is 12.4 Å². The van der Waals surface area contributed by atoms with Crippen LogP contribution < -0.4 is 14.2 Å². The lowest BCUT2D eigenvalue weighted by atomic mass is 10.1. The molecule has 0 aliphatic carbocycles. The number of aryl methyl sites for hydroxylation is 3. The highest BCUT2D eigenvalue weighted by Crippen LogP contribution is 2.29. The Hall–Kier alpha value is -3.53. The summed E-state index contributed by atoms with van der Waals surface area (Å²) in [6.07, 6.45) is 3.09. The van der Waals surface area contributed by atoms with Crippen molar-refractivity contribution >= 4 is 12.0 Å². The molecule has 3 aromatic carbocycles. The molecule has 0 amide bonds. The van der Waals surface area contributed by atoms with Crippen molar-refractivity contribution in [3.05, 3.63) is 94.6 Å². The molecule has 0 atom stereocenters. The molecule has 3 rings (SSSR count). The number of carbonyl (C=O) groups is 1. The molecule has 0 unspecified atom stereocenters. The van der Waals surface area contributed by atoms with Gasteiger partial charge in [-0.25, -0.2) is 4.79 Å². The van der Waals surface area contributed by atoms with Crippen LogP contribution in [0.2, 0.25) is 0 Å². The van der Waals surface area contributed by atoms with Crippen LogP contribution in [-0.4, -0.2) is 13.1 Å². The van der Waals surface area contributed by atoms with Crippen LogP contribution in [-0.2, 0) is 11.4 Å². The first-order valence-electron chi connectivity index (χ1n) is 9.79. The highest BCUT2D eigenvalue weighted by Gasteiger charge is 2.07. The molecular weight excluding hydrogens is 376 g/mol. The maximum absolute atomic E-state index is 12.1. The fourth-order valence-corrected chi connectivity index (χ4v) is 2.93. The Morgan fingerprint density at radius 2 is 1.67 bits per heavy atom. The van der Waals surface area contributed by atoms with E-state index in [2.05, 4.69) is 13.0 Å². The lowest BCUT2D eigenvalue weighted by molar-refractivity contribution is -0.128. The Balaban J connectivity index is 1.65. The van der Waals surface area contributed by atoms with E-state index >= 15 is 0 Å². The smallest absolute Gasteiger partial charge is 0.336 e. The second-order valence-electron chi connectivity index (χ2n) is 7.13. The van der Waals surface area contributed by atoms with Crippen molar-refractivity contribution in [3.8, 4) is 17.2 Å². The van der Waals surface area contributed by atoms with Crippen LogP contribution in [0.1, 0.15) is 27.8 Å². The summed E-state index contributed by atoms with van der Waals surface area (Å²) in [5, 5.41) is 0. The first-order valence-corrected chi connectivity index (χ1v) is 9.79. The van der Waals surface area contributed by atoms with Crippen LogP contribution in [0.4, 0.5) is 0 Å². The maximum atomic E-state index is 12.1. The second kappa shape index (κ2) is 9.79. The van der Waals surface area contributed by atoms with Crippen LogP contribution in [0, 0.1) is 20.8 Å². The Morgan fingerprint density at radius 1 is 0.867 bits per heavy atom. The predicted octanol–water partition coefficient (Wildman–Crippen LogP) is 5.82. The van der Waals surface area contributed by atoms with Crippen LogP contribution in [0.25, 0.3) is 6.08 Å². The van der Waals surface area contributed by atoms with Gasteiger partial charge in [0.25, 0.3) is 0 Å². The van der Waals surface area contributed by atoms with Crippen molar-refractivity contribution in [2.24, 2.45) is 0 Å². The second-order valence-corrected chi connectivity index (χ2v) is 7.13. The van der Waals surface area contributed by atoms with E-state index in [9.17, 15) is 4.79 Å². The van der Waals surface area contributed by atoms with Crippen molar-refractivity contribution in [2.45, 2.75) is 27.4 Å². The van der Waals surface area contributed by atoms with Gasteiger partial charge in [0.2, 0.25) is 0 Å². The van der Waals surface area contributed by atoms with Gasteiger partial charge in [-0.15, -0.1) is 0 Å². The van der Waals surface area contributed by atoms with E-state index in [0.29, 0.717) is 23.9 Å². The molecule has 154 valence electrons. The number of rotatable bonds is 7. The molecule has 0 radical (unpaired) electrons. The molecule has 4 heteroatoms. The third kappa shape index (κ3) is 5.51. The molecule has 0 spiro atoms. The highest BCUT2D eigenvalue weighted by atomic mass is 16.5. The van der Waals surface area contributed by atoms with E-state index in [0.717, 1.165) is 22.3 Å². The molecular formula is C26H26O4. The summed E-state index contributed by atoms with van der Waals surface area (Å²) in [7, 11) is 1.59. The van der Waals surface area contributed by atoms with E-state index < -0.39 is 5.97 Å². The number of esters is 1. The minimum absolute atomic E-state index is 0.433. The van der Waals surface area contributed by atoms with Crippen molar-refractivity contribution in [1.82, 2.24) is 0 Å². The third-order valence-corrected chi connectivity index (χ3v) is 4.94. The molecule has 0 aromatic heterocycles. The highest BCUT2D eigenvalue weighted by molar-refractivity contribution is 5.88. The molecule has 30 heavy (non-hydrogen) atoms. The quantitative estimate of drug-likeness (QED) is 0.284. The number of methoxy groups -OCH3 is 1. The SMILES string of the molecule is COc1cc(/C=C/C(=O)Oc2ccc(C)c(C)c2)ccc1OCc1ccccc1C. The zero-order valence-electron chi connectivity index (χ0n) is 17.8. The van der Waals surface area contributed by atoms with E-state index in [-0.39, 0.29) is 0 Å².